The fraction of sp³-hybridized carbons (Fsp3) is 0.208. The molecule has 8 nitrogen and oxygen atoms in total. The van der Waals surface area contributed by atoms with Crippen LogP contribution in [0.2, 0.25) is 0 Å². The highest BCUT2D eigenvalue weighted by atomic mass is 32.2. The maximum absolute atomic E-state index is 12.9. The molecule has 3 aromatic rings. The van der Waals surface area contributed by atoms with Crippen LogP contribution in [0.1, 0.15) is 11.3 Å². The Morgan fingerprint density at radius 1 is 1.26 bits per heavy atom. The number of nitrogens with zero attached hydrogens (tertiary/aromatic N) is 3. The average molecular weight is 525 g/mol. The number of carboxylic acids is 1. The lowest BCUT2D eigenvalue weighted by molar-refractivity contribution is -0.150. The lowest BCUT2D eigenvalue weighted by Crippen LogP contribution is -2.70. The van der Waals surface area contributed by atoms with E-state index >= 15 is 0 Å². The molecular weight excluding hydrogens is 504 g/mol. The van der Waals surface area contributed by atoms with E-state index in [1.807, 2.05) is 54.8 Å². The number of β-lactam (4-membered cyclic amide) rings is 1. The monoisotopic (exact) mass is 524 g/mol. The van der Waals surface area contributed by atoms with Gasteiger partial charge in [-0.25, -0.2) is 9.78 Å². The van der Waals surface area contributed by atoms with E-state index in [9.17, 15) is 19.5 Å². The molecule has 2 aliphatic rings. The minimum atomic E-state index is -1.17. The number of aryl methyl sites for hydroxylation is 1. The molecule has 0 saturated carbocycles. The molecule has 0 aliphatic carbocycles. The lowest BCUT2D eigenvalue weighted by Gasteiger charge is -2.49. The first-order chi connectivity index (χ1) is 16.9. The number of thioether (sulfide) groups is 2. The molecule has 0 bridgehead atoms. The van der Waals surface area contributed by atoms with Crippen LogP contribution >= 0.6 is 34.9 Å². The van der Waals surface area contributed by atoms with Gasteiger partial charge in [0, 0.05) is 33.5 Å². The number of aromatic nitrogens is 2. The molecule has 1 aromatic carbocycles. The van der Waals surface area contributed by atoms with E-state index in [0.29, 0.717) is 15.0 Å². The van der Waals surface area contributed by atoms with E-state index in [4.69, 9.17) is 0 Å². The third-order valence-electron chi connectivity index (χ3n) is 5.55. The maximum atomic E-state index is 12.9. The molecule has 1 fully saturated rings. The molecule has 11 heteroatoms. The van der Waals surface area contributed by atoms with Gasteiger partial charge in [-0.2, -0.15) is 0 Å². The first-order valence-electron chi connectivity index (χ1n) is 10.7. The summed E-state index contributed by atoms with van der Waals surface area (Å²) in [6.07, 6.45) is 1.89. The lowest BCUT2D eigenvalue weighted by atomic mass is 10.0. The van der Waals surface area contributed by atoms with Crippen LogP contribution in [-0.4, -0.2) is 54.9 Å². The topological polar surface area (TPSA) is 112 Å². The summed E-state index contributed by atoms with van der Waals surface area (Å²) in [4.78, 5) is 48.2. The maximum Gasteiger partial charge on any atom is 0.353 e. The summed E-state index contributed by atoms with van der Waals surface area (Å²) in [6, 6.07) is 12.3. The van der Waals surface area contributed by atoms with Crippen molar-refractivity contribution in [3.8, 4) is 11.3 Å². The number of hydrogen-bond donors (Lipinski definition) is 2. The van der Waals surface area contributed by atoms with Crippen molar-refractivity contribution in [3.05, 3.63) is 75.9 Å². The zero-order valence-electron chi connectivity index (χ0n) is 18.5. The van der Waals surface area contributed by atoms with Crippen molar-refractivity contribution >= 4 is 52.6 Å². The van der Waals surface area contributed by atoms with Crippen molar-refractivity contribution in [1.29, 1.82) is 0 Å². The molecular formula is C24H20N4O4S3. The Morgan fingerprint density at radius 3 is 2.80 bits per heavy atom. The second-order valence-corrected chi connectivity index (χ2v) is 11.3. The van der Waals surface area contributed by atoms with Crippen molar-refractivity contribution in [3.63, 3.8) is 0 Å². The number of nitrogens with one attached hydrogen (secondary N) is 1. The van der Waals surface area contributed by atoms with Crippen LogP contribution < -0.4 is 5.32 Å². The van der Waals surface area contributed by atoms with E-state index in [0.717, 1.165) is 22.5 Å². The van der Waals surface area contributed by atoms with Crippen molar-refractivity contribution < 1.29 is 19.5 Å². The standard InChI is InChI=1S/C24H20N4O4S3/c1-13-9-15(7-8-25-13)16-11-34-24(26-16)35-17-12-33-22-19(21(30)28(22)20(17)23(31)32)27-18(29)10-14-5-3-2-4-6-14/h2-9,11,19,22H,10,12H2,1H3,(H,27,29)(H,31,32)/t19-,22-/m1/s1. The molecule has 2 aliphatic heterocycles. The molecule has 0 unspecified atom stereocenters. The number of benzene rings is 1. The normalized spacial score (nSPS) is 19.2. The predicted molar refractivity (Wildman–Crippen MR) is 136 cm³/mol. The van der Waals surface area contributed by atoms with Crippen molar-refractivity contribution in [2.45, 2.75) is 29.1 Å². The van der Waals surface area contributed by atoms with Crippen LogP contribution in [0.15, 0.2) is 69.0 Å². The van der Waals surface area contributed by atoms with Crippen molar-refractivity contribution in [2.75, 3.05) is 5.75 Å². The van der Waals surface area contributed by atoms with Gasteiger partial charge in [0.1, 0.15) is 17.1 Å². The number of pyridine rings is 1. The van der Waals surface area contributed by atoms with E-state index in [1.54, 1.807) is 6.20 Å². The molecule has 178 valence electrons. The van der Waals surface area contributed by atoms with Gasteiger partial charge in [0.25, 0.3) is 5.91 Å². The molecule has 2 atom stereocenters. The van der Waals surface area contributed by atoms with Crippen molar-refractivity contribution in [2.24, 2.45) is 0 Å². The highest BCUT2D eigenvalue weighted by Crippen LogP contribution is 2.46. The van der Waals surface area contributed by atoms with Gasteiger partial charge in [-0.1, -0.05) is 42.1 Å². The SMILES string of the molecule is Cc1cc(-c2csc(SC3=C(C(=O)O)N4C(=O)[C@@H](NC(=O)Cc5ccccc5)[C@H]4SC3)n2)ccn1. The van der Waals surface area contributed by atoms with Crippen LogP contribution in [-0.2, 0) is 20.8 Å². The highest BCUT2D eigenvalue weighted by molar-refractivity contribution is 8.07. The summed E-state index contributed by atoms with van der Waals surface area (Å²) in [6.45, 7) is 1.91. The Bertz CT molecular complexity index is 1340. The largest absolute Gasteiger partial charge is 0.477 e. The van der Waals surface area contributed by atoms with Crippen LogP contribution in [0.4, 0.5) is 0 Å². The molecule has 2 aromatic heterocycles. The van der Waals surface area contributed by atoms with Gasteiger partial charge in [-0.15, -0.1) is 23.1 Å². The second-order valence-electron chi connectivity index (χ2n) is 7.98. The zero-order chi connectivity index (χ0) is 24.5. The van der Waals surface area contributed by atoms with Gasteiger partial charge in [-0.05, 0) is 24.6 Å². The summed E-state index contributed by atoms with van der Waals surface area (Å²) in [5.74, 6) is -1.43. The number of fused-ring (bicyclic) bond motifs is 1. The smallest absolute Gasteiger partial charge is 0.353 e. The molecule has 1 saturated heterocycles. The minimum absolute atomic E-state index is 0.0335. The molecule has 4 heterocycles. The number of hydrogen-bond acceptors (Lipinski definition) is 8. The summed E-state index contributed by atoms with van der Waals surface area (Å²) in [7, 11) is 0. The van der Waals surface area contributed by atoms with E-state index in [1.165, 1.54) is 39.8 Å². The Hall–Kier alpha value is -3.15. The van der Waals surface area contributed by atoms with Crippen LogP contribution in [0.3, 0.4) is 0 Å². The fourth-order valence-electron chi connectivity index (χ4n) is 3.92. The Kier molecular flexibility index (Phi) is 6.63. The van der Waals surface area contributed by atoms with Crippen LogP contribution in [0.5, 0.6) is 0 Å². The number of carboxylic acid groups (broad SMARTS) is 1. The highest BCUT2D eigenvalue weighted by Gasteiger charge is 2.54. The summed E-state index contributed by atoms with van der Waals surface area (Å²) in [5.41, 5.74) is 3.44. The molecule has 35 heavy (non-hydrogen) atoms. The number of thiazole rings is 1. The number of carbonyl (C=O) groups excluding carboxylic acids is 2. The first-order valence-corrected chi connectivity index (χ1v) is 13.5. The van der Waals surface area contributed by atoms with Crippen molar-refractivity contribution in [1.82, 2.24) is 20.2 Å². The summed E-state index contributed by atoms with van der Waals surface area (Å²) < 4.78 is 0.697. The van der Waals surface area contributed by atoms with Crippen LogP contribution in [0, 0.1) is 6.92 Å². The molecule has 2 amide bonds. The van der Waals surface area contributed by atoms with Gasteiger partial charge in [-0.3, -0.25) is 19.5 Å². The average Bonchev–Trinajstić information content (AvgIpc) is 3.31. The third-order valence-corrected chi connectivity index (χ3v) is 9.03. The minimum Gasteiger partial charge on any atom is -0.477 e. The Balaban J connectivity index is 1.30. The van der Waals surface area contributed by atoms with Gasteiger partial charge in [0.15, 0.2) is 4.34 Å². The zero-order valence-corrected chi connectivity index (χ0v) is 21.0. The van der Waals surface area contributed by atoms with Gasteiger partial charge < -0.3 is 10.4 Å². The predicted octanol–water partition coefficient (Wildman–Crippen LogP) is 3.54. The van der Waals surface area contributed by atoms with E-state index in [-0.39, 0.29) is 18.0 Å². The third kappa shape index (κ3) is 4.84. The quantitative estimate of drug-likeness (QED) is 0.452. The number of rotatable bonds is 7. The van der Waals surface area contributed by atoms with E-state index < -0.39 is 23.3 Å². The number of aliphatic carboxylic acids is 1. The first kappa shape index (κ1) is 23.6. The number of amides is 2. The van der Waals surface area contributed by atoms with Gasteiger partial charge in [0.2, 0.25) is 5.91 Å². The molecule has 2 N–H and O–H groups in total. The van der Waals surface area contributed by atoms with Crippen LogP contribution in [0.25, 0.3) is 11.3 Å². The molecule has 0 radical (unpaired) electrons. The fourth-order valence-corrected chi connectivity index (χ4v) is 7.38. The Morgan fingerprint density at radius 2 is 2.06 bits per heavy atom. The van der Waals surface area contributed by atoms with E-state index in [2.05, 4.69) is 15.3 Å². The summed E-state index contributed by atoms with van der Waals surface area (Å²) in [5, 5.41) is 14.2. The van der Waals surface area contributed by atoms with Gasteiger partial charge in [0.05, 0.1) is 12.1 Å². The number of carbonyl (C=O) groups is 3. The summed E-state index contributed by atoms with van der Waals surface area (Å²) >= 11 is 4.13. The Labute approximate surface area is 213 Å². The second kappa shape index (κ2) is 9.84. The molecule has 0 spiro atoms. The van der Waals surface area contributed by atoms with Gasteiger partial charge >= 0.3 is 5.97 Å². The molecule has 5 rings (SSSR count).